The Morgan fingerprint density at radius 2 is 2.00 bits per heavy atom. The summed E-state index contributed by atoms with van der Waals surface area (Å²) in [6.07, 6.45) is 2.94. The number of carbonyl (C=O) groups is 3. The standard InChI is InChI=1S/C20H28N2O5/c1-14(23)20(25)22-10-4-5-15(13-22)6-9-19(24)21-12-16-7-8-17(26-2)11-18(16)27-3/h7-8,11,15H,4-6,9-10,12-13H2,1-3H3,(H,21,24)/t15-/m1/s1. The van der Waals surface area contributed by atoms with Gasteiger partial charge in [-0.15, -0.1) is 0 Å². The van der Waals surface area contributed by atoms with Crippen LogP contribution in [0.1, 0.15) is 38.2 Å². The van der Waals surface area contributed by atoms with Gasteiger partial charge in [-0.25, -0.2) is 0 Å². The number of hydrogen-bond acceptors (Lipinski definition) is 5. The van der Waals surface area contributed by atoms with Crippen LogP contribution >= 0.6 is 0 Å². The Morgan fingerprint density at radius 3 is 2.67 bits per heavy atom. The van der Waals surface area contributed by atoms with Crippen molar-refractivity contribution in [2.75, 3.05) is 27.3 Å². The molecule has 1 heterocycles. The second kappa shape index (κ2) is 9.94. The van der Waals surface area contributed by atoms with Crippen LogP contribution in [0.2, 0.25) is 0 Å². The van der Waals surface area contributed by atoms with E-state index < -0.39 is 11.7 Å². The molecule has 1 aliphatic rings. The molecule has 0 radical (unpaired) electrons. The zero-order valence-electron chi connectivity index (χ0n) is 16.2. The summed E-state index contributed by atoms with van der Waals surface area (Å²) >= 11 is 0. The number of amides is 2. The van der Waals surface area contributed by atoms with Gasteiger partial charge in [-0.2, -0.15) is 0 Å². The van der Waals surface area contributed by atoms with Gasteiger partial charge in [0.05, 0.1) is 14.2 Å². The van der Waals surface area contributed by atoms with Gasteiger partial charge in [-0.05, 0) is 37.3 Å². The Balaban J connectivity index is 1.79. The third-order valence-electron chi connectivity index (χ3n) is 4.86. The van der Waals surface area contributed by atoms with Crippen LogP contribution in [0.25, 0.3) is 0 Å². The quantitative estimate of drug-likeness (QED) is 0.701. The Kier molecular flexibility index (Phi) is 7.64. The lowest BCUT2D eigenvalue weighted by molar-refractivity contribution is -0.144. The van der Waals surface area contributed by atoms with Crippen LogP contribution in [0.3, 0.4) is 0 Å². The van der Waals surface area contributed by atoms with E-state index in [2.05, 4.69) is 5.32 Å². The third-order valence-corrected chi connectivity index (χ3v) is 4.86. The monoisotopic (exact) mass is 376 g/mol. The number of rotatable bonds is 8. The highest BCUT2D eigenvalue weighted by atomic mass is 16.5. The van der Waals surface area contributed by atoms with Crippen LogP contribution in [0.5, 0.6) is 11.5 Å². The van der Waals surface area contributed by atoms with Crippen molar-refractivity contribution >= 4 is 17.6 Å². The van der Waals surface area contributed by atoms with Crippen molar-refractivity contribution in [2.45, 2.75) is 39.2 Å². The van der Waals surface area contributed by atoms with Gasteiger partial charge >= 0.3 is 0 Å². The third kappa shape index (κ3) is 5.98. The van der Waals surface area contributed by atoms with E-state index in [1.165, 1.54) is 6.92 Å². The molecule has 1 atom stereocenters. The minimum absolute atomic E-state index is 0.0390. The van der Waals surface area contributed by atoms with Crippen molar-refractivity contribution in [1.82, 2.24) is 10.2 Å². The molecule has 1 aromatic carbocycles. The van der Waals surface area contributed by atoms with Gasteiger partial charge in [-0.1, -0.05) is 0 Å². The van der Waals surface area contributed by atoms with E-state index in [4.69, 9.17) is 9.47 Å². The van der Waals surface area contributed by atoms with Gasteiger partial charge in [0.2, 0.25) is 11.7 Å². The average Bonchev–Trinajstić information content (AvgIpc) is 2.70. The predicted octanol–water partition coefficient (Wildman–Crippen LogP) is 1.93. The van der Waals surface area contributed by atoms with Crippen molar-refractivity contribution in [2.24, 2.45) is 5.92 Å². The van der Waals surface area contributed by atoms with E-state index in [1.807, 2.05) is 12.1 Å². The molecule has 1 aliphatic heterocycles. The molecule has 2 amide bonds. The van der Waals surface area contributed by atoms with Crippen LogP contribution in [0.4, 0.5) is 0 Å². The second-order valence-electron chi connectivity index (χ2n) is 6.81. The number of nitrogens with zero attached hydrogens (tertiary/aromatic N) is 1. The summed E-state index contributed by atoms with van der Waals surface area (Å²) in [5.74, 6) is 0.730. The van der Waals surface area contributed by atoms with Gasteiger partial charge in [-0.3, -0.25) is 14.4 Å². The Bertz CT molecular complexity index is 689. The fraction of sp³-hybridized carbons (Fsp3) is 0.550. The van der Waals surface area contributed by atoms with E-state index in [-0.39, 0.29) is 11.8 Å². The number of carbonyl (C=O) groups excluding carboxylic acids is 3. The number of ketones is 1. The first kappa shape index (κ1) is 20.7. The van der Waals surface area contributed by atoms with Crippen LogP contribution < -0.4 is 14.8 Å². The molecule has 0 spiro atoms. The Hall–Kier alpha value is -2.57. The van der Waals surface area contributed by atoms with Gasteiger partial charge in [0.15, 0.2) is 0 Å². The normalized spacial score (nSPS) is 16.6. The molecule has 0 aliphatic carbocycles. The molecule has 0 unspecified atom stereocenters. The first-order chi connectivity index (χ1) is 12.9. The number of methoxy groups -OCH3 is 2. The number of Topliss-reactive ketones (excluding diaryl/α,β-unsaturated/α-hetero) is 1. The van der Waals surface area contributed by atoms with E-state index >= 15 is 0 Å². The molecule has 7 heteroatoms. The number of hydrogen-bond donors (Lipinski definition) is 1. The van der Waals surface area contributed by atoms with E-state index in [1.54, 1.807) is 25.2 Å². The molecule has 1 aromatic rings. The Labute approximate surface area is 160 Å². The second-order valence-corrected chi connectivity index (χ2v) is 6.81. The van der Waals surface area contributed by atoms with Gasteiger partial charge in [0.25, 0.3) is 5.91 Å². The lowest BCUT2D eigenvalue weighted by Gasteiger charge is -2.32. The molecule has 0 saturated carbocycles. The summed E-state index contributed by atoms with van der Waals surface area (Å²) in [6, 6.07) is 5.47. The molecule has 2 rings (SSSR count). The molecule has 0 aromatic heterocycles. The summed E-state index contributed by atoms with van der Waals surface area (Å²) in [6.45, 7) is 2.86. The topological polar surface area (TPSA) is 84.9 Å². The molecule has 0 bridgehead atoms. The van der Waals surface area contributed by atoms with Gasteiger partial charge < -0.3 is 19.7 Å². The average molecular weight is 376 g/mol. The Morgan fingerprint density at radius 1 is 1.22 bits per heavy atom. The van der Waals surface area contributed by atoms with Crippen LogP contribution in [0.15, 0.2) is 18.2 Å². The molecule has 1 N–H and O–H groups in total. The van der Waals surface area contributed by atoms with Crippen molar-refractivity contribution in [3.8, 4) is 11.5 Å². The number of likely N-dealkylation sites (tertiary alicyclic amines) is 1. The van der Waals surface area contributed by atoms with Crippen molar-refractivity contribution in [3.05, 3.63) is 23.8 Å². The highest BCUT2D eigenvalue weighted by molar-refractivity contribution is 6.35. The summed E-state index contributed by atoms with van der Waals surface area (Å²) in [5, 5.41) is 2.91. The SMILES string of the molecule is COc1ccc(CNC(=O)CC[C@H]2CCCN(C(=O)C(C)=O)C2)c(OC)c1. The zero-order valence-corrected chi connectivity index (χ0v) is 16.2. The van der Waals surface area contributed by atoms with Crippen molar-refractivity contribution in [3.63, 3.8) is 0 Å². The highest BCUT2D eigenvalue weighted by Gasteiger charge is 2.26. The van der Waals surface area contributed by atoms with E-state index in [9.17, 15) is 14.4 Å². The van der Waals surface area contributed by atoms with Crippen LogP contribution in [0, 0.1) is 5.92 Å². The van der Waals surface area contributed by atoms with Crippen LogP contribution in [-0.2, 0) is 20.9 Å². The molecule has 27 heavy (non-hydrogen) atoms. The van der Waals surface area contributed by atoms with E-state index in [0.717, 1.165) is 18.4 Å². The smallest absolute Gasteiger partial charge is 0.289 e. The number of nitrogens with one attached hydrogen (secondary N) is 1. The minimum atomic E-state index is -0.429. The summed E-state index contributed by atoms with van der Waals surface area (Å²) in [4.78, 5) is 36.9. The highest BCUT2D eigenvalue weighted by Crippen LogP contribution is 2.25. The van der Waals surface area contributed by atoms with E-state index in [0.29, 0.717) is 44.0 Å². The molecule has 148 valence electrons. The van der Waals surface area contributed by atoms with Crippen molar-refractivity contribution in [1.29, 1.82) is 0 Å². The fourth-order valence-electron chi connectivity index (χ4n) is 3.32. The fourth-order valence-corrected chi connectivity index (χ4v) is 3.32. The lowest BCUT2D eigenvalue weighted by atomic mass is 9.93. The number of piperidine rings is 1. The summed E-state index contributed by atoms with van der Waals surface area (Å²) < 4.78 is 10.5. The van der Waals surface area contributed by atoms with Gasteiger partial charge in [0.1, 0.15) is 11.5 Å². The number of benzene rings is 1. The number of ether oxygens (including phenoxy) is 2. The molecular weight excluding hydrogens is 348 g/mol. The maximum absolute atomic E-state index is 12.2. The largest absolute Gasteiger partial charge is 0.497 e. The summed E-state index contributed by atoms with van der Waals surface area (Å²) in [7, 11) is 3.17. The molecule has 1 saturated heterocycles. The minimum Gasteiger partial charge on any atom is -0.497 e. The lowest BCUT2D eigenvalue weighted by Crippen LogP contribution is -2.42. The van der Waals surface area contributed by atoms with Crippen LogP contribution in [-0.4, -0.2) is 49.8 Å². The van der Waals surface area contributed by atoms with Gasteiger partial charge in [0, 0.05) is 44.6 Å². The maximum Gasteiger partial charge on any atom is 0.289 e. The maximum atomic E-state index is 12.2. The zero-order chi connectivity index (χ0) is 19.8. The molecular formula is C20H28N2O5. The summed E-state index contributed by atoms with van der Waals surface area (Å²) in [5.41, 5.74) is 0.877. The first-order valence-corrected chi connectivity index (χ1v) is 9.22. The predicted molar refractivity (Wildman–Crippen MR) is 101 cm³/mol. The molecule has 7 nitrogen and oxygen atoms in total. The van der Waals surface area contributed by atoms with Crippen molar-refractivity contribution < 1.29 is 23.9 Å². The molecule has 1 fully saturated rings. The first-order valence-electron chi connectivity index (χ1n) is 9.22.